The van der Waals surface area contributed by atoms with Crippen molar-refractivity contribution in [2.45, 2.75) is 39.0 Å². The van der Waals surface area contributed by atoms with E-state index in [4.69, 9.17) is 25.8 Å². The van der Waals surface area contributed by atoms with Crippen molar-refractivity contribution in [2.75, 3.05) is 58.6 Å². The number of halogens is 1. The van der Waals surface area contributed by atoms with Crippen molar-refractivity contribution in [1.29, 1.82) is 0 Å². The number of nitrogens with one attached hydrogen (secondary N) is 1. The Morgan fingerprint density at radius 1 is 0.700 bits per heavy atom. The van der Waals surface area contributed by atoms with Gasteiger partial charge in [-0.15, -0.1) is 11.6 Å². The maximum Gasteiger partial charge on any atom is 0.0701 e. The molecule has 122 valence electrons. The molecule has 0 bridgehead atoms. The van der Waals surface area contributed by atoms with E-state index in [-0.39, 0.29) is 0 Å². The van der Waals surface area contributed by atoms with Crippen molar-refractivity contribution in [3.8, 4) is 0 Å². The molecule has 0 aliphatic heterocycles. The molecule has 0 atom stereocenters. The third-order valence-electron chi connectivity index (χ3n) is 2.80. The molecule has 0 radical (unpaired) electrons. The molecule has 0 unspecified atom stereocenters. The summed E-state index contributed by atoms with van der Waals surface area (Å²) in [6.45, 7) is 8.34. The van der Waals surface area contributed by atoms with Gasteiger partial charge in [0.2, 0.25) is 0 Å². The number of ether oxygens (including phenoxy) is 3. The monoisotopic (exact) mass is 309 g/mol. The maximum atomic E-state index is 5.61. The molecular formula is C15H32ClNO3. The van der Waals surface area contributed by atoms with Crippen molar-refractivity contribution in [3.63, 3.8) is 0 Å². The van der Waals surface area contributed by atoms with Gasteiger partial charge >= 0.3 is 0 Å². The maximum absolute atomic E-state index is 5.61. The predicted molar refractivity (Wildman–Crippen MR) is 84.8 cm³/mol. The van der Waals surface area contributed by atoms with Crippen molar-refractivity contribution >= 4 is 11.6 Å². The Morgan fingerprint density at radius 3 is 2.00 bits per heavy atom. The molecule has 0 aliphatic rings. The third kappa shape index (κ3) is 18.1. The minimum Gasteiger partial charge on any atom is -0.379 e. The minimum absolute atomic E-state index is 0.646. The number of hydrogen-bond donors (Lipinski definition) is 1. The van der Waals surface area contributed by atoms with Crippen LogP contribution in [-0.2, 0) is 14.2 Å². The third-order valence-corrected chi connectivity index (χ3v) is 3.06. The average molecular weight is 310 g/mol. The zero-order valence-electron chi connectivity index (χ0n) is 13.0. The molecule has 0 aromatic heterocycles. The van der Waals surface area contributed by atoms with Crippen LogP contribution in [0.4, 0.5) is 0 Å². The molecule has 0 aromatic carbocycles. The van der Waals surface area contributed by atoms with Gasteiger partial charge in [0.25, 0.3) is 0 Å². The van der Waals surface area contributed by atoms with Crippen LogP contribution < -0.4 is 5.32 Å². The lowest BCUT2D eigenvalue weighted by Crippen LogP contribution is -2.21. The van der Waals surface area contributed by atoms with Crippen LogP contribution in [0.25, 0.3) is 0 Å². The van der Waals surface area contributed by atoms with Gasteiger partial charge in [0.1, 0.15) is 0 Å². The molecule has 0 heterocycles. The van der Waals surface area contributed by atoms with Crippen LogP contribution in [-0.4, -0.2) is 58.6 Å². The Balaban J connectivity index is 2.89. The van der Waals surface area contributed by atoms with Gasteiger partial charge in [-0.25, -0.2) is 0 Å². The second-order valence-electron chi connectivity index (χ2n) is 4.69. The largest absolute Gasteiger partial charge is 0.379 e. The zero-order chi connectivity index (χ0) is 14.7. The van der Waals surface area contributed by atoms with Crippen molar-refractivity contribution in [2.24, 2.45) is 0 Å². The summed E-state index contributed by atoms with van der Waals surface area (Å²) in [6, 6.07) is 0. The summed E-state index contributed by atoms with van der Waals surface area (Å²) in [5.74, 6) is 0.771. The van der Waals surface area contributed by atoms with Gasteiger partial charge < -0.3 is 19.5 Å². The lowest BCUT2D eigenvalue weighted by Gasteiger charge is -2.07. The summed E-state index contributed by atoms with van der Waals surface area (Å²) in [5.41, 5.74) is 0. The summed E-state index contributed by atoms with van der Waals surface area (Å²) < 4.78 is 16.2. The molecule has 0 aromatic rings. The SMILES string of the molecule is CCCCOCCOCCOCCNCCCCCCl. The van der Waals surface area contributed by atoms with Crippen LogP contribution >= 0.6 is 11.6 Å². The molecule has 0 saturated carbocycles. The number of rotatable bonds is 17. The smallest absolute Gasteiger partial charge is 0.0701 e. The molecule has 20 heavy (non-hydrogen) atoms. The lowest BCUT2D eigenvalue weighted by atomic mass is 10.2. The van der Waals surface area contributed by atoms with Gasteiger partial charge in [-0.1, -0.05) is 19.8 Å². The van der Waals surface area contributed by atoms with E-state index in [0.29, 0.717) is 26.4 Å². The van der Waals surface area contributed by atoms with E-state index in [0.717, 1.165) is 45.0 Å². The highest BCUT2D eigenvalue weighted by Gasteiger charge is 1.92. The van der Waals surface area contributed by atoms with Crippen molar-refractivity contribution in [3.05, 3.63) is 0 Å². The van der Waals surface area contributed by atoms with Crippen LogP contribution in [0.2, 0.25) is 0 Å². The number of hydrogen-bond acceptors (Lipinski definition) is 4. The molecule has 0 spiro atoms. The second-order valence-corrected chi connectivity index (χ2v) is 5.07. The van der Waals surface area contributed by atoms with E-state index in [1.807, 2.05) is 0 Å². The minimum atomic E-state index is 0.646. The van der Waals surface area contributed by atoms with Crippen LogP contribution in [0.3, 0.4) is 0 Å². The highest BCUT2D eigenvalue weighted by Crippen LogP contribution is 1.95. The van der Waals surface area contributed by atoms with E-state index >= 15 is 0 Å². The summed E-state index contributed by atoms with van der Waals surface area (Å²) in [6.07, 6.45) is 5.80. The van der Waals surface area contributed by atoms with E-state index in [1.165, 1.54) is 19.3 Å². The molecular weight excluding hydrogens is 278 g/mol. The van der Waals surface area contributed by atoms with E-state index in [1.54, 1.807) is 0 Å². The Labute approximate surface area is 129 Å². The molecule has 0 saturated heterocycles. The molecule has 4 nitrogen and oxygen atoms in total. The molecule has 0 rings (SSSR count). The van der Waals surface area contributed by atoms with E-state index in [9.17, 15) is 0 Å². The molecule has 0 fully saturated rings. The molecule has 1 N–H and O–H groups in total. The van der Waals surface area contributed by atoms with Gasteiger partial charge in [-0.05, 0) is 25.8 Å². The average Bonchev–Trinajstić information content (AvgIpc) is 2.47. The fourth-order valence-electron chi connectivity index (χ4n) is 1.58. The van der Waals surface area contributed by atoms with Crippen LogP contribution in [0.1, 0.15) is 39.0 Å². The Hall–Kier alpha value is 0.130. The summed E-state index contributed by atoms with van der Waals surface area (Å²) in [7, 11) is 0. The van der Waals surface area contributed by atoms with Crippen molar-refractivity contribution in [1.82, 2.24) is 5.32 Å². The zero-order valence-corrected chi connectivity index (χ0v) is 13.8. The summed E-state index contributed by atoms with van der Waals surface area (Å²) in [4.78, 5) is 0. The van der Waals surface area contributed by atoms with Gasteiger partial charge in [0, 0.05) is 19.0 Å². The Morgan fingerprint density at radius 2 is 1.35 bits per heavy atom. The van der Waals surface area contributed by atoms with E-state index < -0.39 is 0 Å². The normalized spacial score (nSPS) is 11.1. The van der Waals surface area contributed by atoms with Crippen molar-refractivity contribution < 1.29 is 14.2 Å². The molecule has 0 aliphatic carbocycles. The topological polar surface area (TPSA) is 39.7 Å². The standard InChI is InChI=1S/C15H32ClNO3/c1-2-3-10-18-12-14-20-15-13-19-11-9-17-8-6-4-5-7-16/h17H,2-15H2,1H3. The van der Waals surface area contributed by atoms with Crippen LogP contribution in [0.5, 0.6) is 0 Å². The number of alkyl halides is 1. The highest BCUT2D eigenvalue weighted by molar-refractivity contribution is 6.17. The van der Waals surface area contributed by atoms with Gasteiger partial charge in [0.05, 0.1) is 33.0 Å². The molecule has 5 heteroatoms. The quantitative estimate of drug-likeness (QED) is 0.331. The molecule has 0 amide bonds. The fourth-order valence-corrected chi connectivity index (χ4v) is 1.77. The number of unbranched alkanes of at least 4 members (excludes halogenated alkanes) is 3. The first kappa shape index (κ1) is 20.1. The Kier molecular flexibility index (Phi) is 19.3. The summed E-state index contributed by atoms with van der Waals surface area (Å²) in [5, 5.41) is 3.35. The highest BCUT2D eigenvalue weighted by atomic mass is 35.5. The van der Waals surface area contributed by atoms with Crippen LogP contribution in [0, 0.1) is 0 Å². The predicted octanol–water partition coefficient (Wildman–Crippen LogP) is 2.84. The fraction of sp³-hybridized carbons (Fsp3) is 1.00. The van der Waals surface area contributed by atoms with E-state index in [2.05, 4.69) is 12.2 Å². The van der Waals surface area contributed by atoms with Crippen LogP contribution in [0.15, 0.2) is 0 Å². The first-order valence-electron chi connectivity index (χ1n) is 7.91. The second kappa shape index (κ2) is 19.1. The van der Waals surface area contributed by atoms with Gasteiger partial charge in [0.15, 0.2) is 0 Å². The first-order valence-corrected chi connectivity index (χ1v) is 8.45. The lowest BCUT2D eigenvalue weighted by molar-refractivity contribution is 0.0147. The first-order chi connectivity index (χ1) is 9.91. The van der Waals surface area contributed by atoms with Gasteiger partial charge in [-0.3, -0.25) is 0 Å². The Bertz CT molecular complexity index is 155. The van der Waals surface area contributed by atoms with Gasteiger partial charge in [-0.2, -0.15) is 0 Å². The summed E-state index contributed by atoms with van der Waals surface area (Å²) >= 11 is 5.61.